The van der Waals surface area contributed by atoms with Crippen LogP contribution in [0.1, 0.15) is 71.0 Å². The van der Waals surface area contributed by atoms with Crippen LogP contribution in [0.3, 0.4) is 0 Å². The Balaban J connectivity index is 1.41. The fourth-order valence-electron chi connectivity index (χ4n) is 3.76. The normalized spacial score (nSPS) is 24.8. The molecule has 0 aliphatic carbocycles. The topological polar surface area (TPSA) is 71.3 Å². The summed E-state index contributed by atoms with van der Waals surface area (Å²) in [7, 11) is 0. The van der Waals surface area contributed by atoms with Gasteiger partial charge in [-0.15, -0.1) is 0 Å². The molecule has 0 aromatic carbocycles. The third kappa shape index (κ3) is 4.15. The number of hydrogen-bond donors (Lipinski definition) is 1. The van der Waals surface area contributed by atoms with Crippen LogP contribution in [-0.4, -0.2) is 46.1 Å². The summed E-state index contributed by atoms with van der Waals surface area (Å²) >= 11 is 0. The lowest BCUT2D eigenvalue weighted by Gasteiger charge is -2.32. The number of rotatable bonds is 5. The molecule has 6 heteroatoms. The van der Waals surface area contributed by atoms with Gasteiger partial charge in [0.05, 0.1) is 0 Å². The van der Waals surface area contributed by atoms with Crippen molar-refractivity contribution in [2.75, 3.05) is 13.1 Å². The smallest absolute Gasteiger partial charge is 0.226 e. The summed E-state index contributed by atoms with van der Waals surface area (Å²) < 4.78 is 5.28. The van der Waals surface area contributed by atoms with Crippen molar-refractivity contribution < 1.29 is 9.32 Å². The van der Waals surface area contributed by atoms with Crippen molar-refractivity contribution in [3.63, 3.8) is 0 Å². The number of nitrogens with zero attached hydrogens (tertiary/aromatic N) is 3. The van der Waals surface area contributed by atoms with Crippen LogP contribution in [0, 0.1) is 0 Å². The van der Waals surface area contributed by atoms with Gasteiger partial charge in [0.1, 0.15) is 0 Å². The van der Waals surface area contributed by atoms with Crippen molar-refractivity contribution in [2.24, 2.45) is 0 Å². The lowest BCUT2D eigenvalue weighted by atomic mass is 9.96. The Hall–Kier alpha value is -1.43. The number of fused-ring (bicyclic) bond motifs is 1. The van der Waals surface area contributed by atoms with Gasteiger partial charge >= 0.3 is 0 Å². The summed E-state index contributed by atoms with van der Waals surface area (Å²) in [6.45, 7) is 8.51. The van der Waals surface area contributed by atoms with Gasteiger partial charge in [0.2, 0.25) is 11.8 Å². The molecule has 3 rings (SSSR count). The van der Waals surface area contributed by atoms with E-state index in [0.29, 0.717) is 30.8 Å². The van der Waals surface area contributed by atoms with E-state index < -0.39 is 0 Å². The van der Waals surface area contributed by atoms with Gasteiger partial charge in [-0.1, -0.05) is 32.3 Å². The van der Waals surface area contributed by atoms with Gasteiger partial charge in [0, 0.05) is 36.9 Å². The first-order valence-electron chi connectivity index (χ1n) is 9.30. The van der Waals surface area contributed by atoms with Crippen LogP contribution in [-0.2, 0) is 16.6 Å². The van der Waals surface area contributed by atoms with E-state index in [1.165, 1.54) is 25.8 Å². The molecule has 2 saturated heterocycles. The van der Waals surface area contributed by atoms with E-state index >= 15 is 0 Å². The van der Waals surface area contributed by atoms with Crippen molar-refractivity contribution in [3.8, 4) is 0 Å². The van der Waals surface area contributed by atoms with Crippen molar-refractivity contribution in [1.29, 1.82) is 0 Å². The number of carbonyl (C=O) groups excluding carboxylic acids is 1. The zero-order chi connectivity index (χ0) is 17.2. The Morgan fingerprint density at radius 1 is 1.29 bits per heavy atom. The molecule has 2 fully saturated rings. The van der Waals surface area contributed by atoms with Gasteiger partial charge in [-0.05, 0) is 32.2 Å². The van der Waals surface area contributed by atoms with E-state index in [0.717, 1.165) is 25.2 Å². The van der Waals surface area contributed by atoms with Crippen LogP contribution < -0.4 is 5.32 Å². The summed E-state index contributed by atoms with van der Waals surface area (Å²) in [6.07, 6.45) is 6.85. The molecule has 0 unspecified atom stereocenters. The van der Waals surface area contributed by atoms with Crippen LogP contribution >= 0.6 is 0 Å². The van der Waals surface area contributed by atoms with E-state index in [4.69, 9.17) is 4.52 Å². The average molecular weight is 334 g/mol. The monoisotopic (exact) mass is 334 g/mol. The maximum Gasteiger partial charge on any atom is 0.226 e. The second-order valence-corrected chi connectivity index (χ2v) is 8.18. The predicted molar refractivity (Wildman–Crippen MR) is 91.7 cm³/mol. The molecule has 1 N–H and O–H groups in total. The minimum absolute atomic E-state index is 0.104. The summed E-state index contributed by atoms with van der Waals surface area (Å²) in [4.78, 5) is 19.2. The summed E-state index contributed by atoms with van der Waals surface area (Å²) in [5.41, 5.74) is -0.104. The zero-order valence-electron chi connectivity index (χ0n) is 15.2. The SMILES string of the molecule is CC(C)(C)c1noc(CCCC(=O)N[C@H]2CCN3CCCC[C@H]23)n1. The Kier molecular flexibility index (Phi) is 5.23. The van der Waals surface area contributed by atoms with Gasteiger partial charge < -0.3 is 9.84 Å². The number of piperidine rings is 1. The van der Waals surface area contributed by atoms with Crippen molar-refractivity contribution in [1.82, 2.24) is 20.4 Å². The fraction of sp³-hybridized carbons (Fsp3) is 0.833. The molecule has 0 spiro atoms. The largest absolute Gasteiger partial charge is 0.352 e. The molecule has 134 valence electrons. The van der Waals surface area contributed by atoms with Gasteiger partial charge in [0.15, 0.2) is 5.82 Å². The highest BCUT2D eigenvalue weighted by Crippen LogP contribution is 2.27. The fourth-order valence-corrected chi connectivity index (χ4v) is 3.76. The molecule has 1 amide bonds. The number of hydrogen-bond acceptors (Lipinski definition) is 5. The standard InChI is InChI=1S/C18H30N4O2/c1-18(2,3)17-20-16(24-21-17)9-6-8-15(23)19-13-10-12-22-11-5-4-7-14(13)22/h13-14H,4-12H2,1-3H3,(H,19,23)/t13-,14+/m0/s1. The van der Waals surface area contributed by atoms with Crippen LogP contribution in [0.2, 0.25) is 0 Å². The van der Waals surface area contributed by atoms with Crippen LogP contribution in [0.15, 0.2) is 4.52 Å². The van der Waals surface area contributed by atoms with Crippen LogP contribution in [0.4, 0.5) is 0 Å². The van der Waals surface area contributed by atoms with Crippen LogP contribution in [0.25, 0.3) is 0 Å². The van der Waals surface area contributed by atoms with E-state index in [9.17, 15) is 4.79 Å². The highest BCUT2D eigenvalue weighted by Gasteiger charge is 2.36. The Morgan fingerprint density at radius 2 is 2.12 bits per heavy atom. The molecule has 3 heterocycles. The molecule has 2 aliphatic rings. The lowest BCUT2D eigenvalue weighted by Crippen LogP contribution is -2.46. The average Bonchev–Trinajstić information content (AvgIpc) is 3.15. The summed E-state index contributed by atoms with van der Waals surface area (Å²) in [5, 5.41) is 7.27. The minimum Gasteiger partial charge on any atom is -0.352 e. The maximum atomic E-state index is 12.2. The van der Waals surface area contributed by atoms with Crippen molar-refractivity contribution in [2.45, 2.75) is 83.2 Å². The molecule has 2 aliphatic heterocycles. The number of nitrogens with one attached hydrogen (secondary N) is 1. The summed E-state index contributed by atoms with van der Waals surface area (Å²) in [6, 6.07) is 0.904. The van der Waals surface area contributed by atoms with E-state index in [-0.39, 0.29) is 11.3 Å². The first-order chi connectivity index (χ1) is 11.4. The summed E-state index contributed by atoms with van der Waals surface area (Å²) in [5.74, 6) is 1.51. The van der Waals surface area contributed by atoms with Crippen LogP contribution in [0.5, 0.6) is 0 Å². The molecule has 1 aromatic heterocycles. The zero-order valence-corrected chi connectivity index (χ0v) is 15.2. The minimum atomic E-state index is -0.104. The van der Waals surface area contributed by atoms with Gasteiger partial charge in [-0.3, -0.25) is 9.69 Å². The molecular formula is C18H30N4O2. The van der Waals surface area contributed by atoms with E-state index in [1.54, 1.807) is 0 Å². The first kappa shape index (κ1) is 17.4. The molecule has 0 radical (unpaired) electrons. The molecule has 24 heavy (non-hydrogen) atoms. The predicted octanol–water partition coefficient (Wildman–Crippen LogP) is 2.43. The van der Waals surface area contributed by atoms with Gasteiger partial charge in [-0.2, -0.15) is 4.98 Å². The third-order valence-corrected chi connectivity index (χ3v) is 5.14. The highest BCUT2D eigenvalue weighted by atomic mass is 16.5. The first-order valence-corrected chi connectivity index (χ1v) is 9.30. The lowest BCUT2D eigenvalue weighted by molar-refractivity contribution is -0.122. The second-order valence-electron chi connectivity index (χ2n) is 8.18. The van der Waals surface area contributed by atoms with E-state index in [1.807, 2.05) is 0 Å². The Morgan fingerprint density at radius 3 is 2.88 bits per heavy atom. The number of aromatic nitrogens is 2. The maximum absolute atomic E-state index is 12.2. The van der Waals surface area contributed by atoms with Crippen molar-refractivity contribution >= 4 is 5.91 Å². The number of carbonyl (C=O) groups is 1. The molecule has 0 bridgehead atoms. The molecule has 2 atom stereocenters. The highest BCUT2D eigenvalue weighted by molar-refractivity contribution is 5.76. The molecule has 6 nitrogen and oxygen atoms in total. The molecular weight excluding hydrogens is 304 g/mol. The Bertz CT molecular complexity index is 564. The van der Waals surface area contributed by atoms with Gasteiger partial charge in [-0.25, -0.2) is 0 Å². The van der Waals surface area contributed by atoms with Crippen molar-refractivity contribution in [3.05, 3.63) is 11.7 Å². The third-order valence-electron chi connectivity index (χ3n) is 5.14. The number of aryl methyl sites for hydroxylation is 1. The number of amides is 1. The van der Waals surface area contributed by atoms with Gasteiger partial charge in [0.25, 0.3) is 0 Å². The quantitative estimate of drug-likeness (QED) is 0.895. The Labute approximate surface area is 144 Å². The molecule has 1 aromatic rings. The second kappa shape index (κ2) is 7.21. The molecule has 0 saturated carbocycles. The van der Waals surface area contributed by atoms with E-state index in [2.05, 4.69) is 41.1 Å².